The van der Waals surface area contributed by atoms with Crippen LogP contribution in [0.1, 0.15) is 6.92 Å². The number of hydrogen-bond acceptors (Lipinski definition) is 3. The molecule has 2 rings (SSSR count). The molecule has 0 amide bonds. The lowest BCUT2D eigenvalue weighted by atomic mass is 10.3. The number of rotatable bonds is 1. The van der Waals surface area contributed by atoms with Crippen molar-refractivity contribution in [3.8, 4) is 0 Å². The van der Waals surface area contributed by atoms with Crippen LogP contribution >= 0.6 is 11.8 Å². The van der Waals surface area contributed by atoms with Crippen molar-refractivity contribution in [2.24, 2.45) is 9.98 Å². The molecule has 0 N–H and O–H groups in total. The quantitative estimate of drug-likeness (QED) is 0.585. The van der Waals surface area contributed by atoms with E-state index in [4.69, 9.17) is 4.74 Å². The first-order chi connectivity index (χ1) is 9.29. The van der Waals surface area contributed by atoms with E-state index >= 15 is 0 Å². The monoisotopic (exact) mass is 277 g/mol. The summed E-state index contributed by atoms with van der Waals surface area (Å²) in [4.78, 5) is 11.4. The number of ether oxygens (including phenoxy) is 1. The Morgan fingerprint density at radius 2 is 1.89 bits per heavy atom. The maximum atomic E-state index is 5.38. The van der Waals surface area contributed by atoms with Crippen LogP contribution in [0.25, 0.3) is 0 Å². The summed E-state index contributed by atoms with van der Waals surface area (Å²) in [6.45, 7) is 5.17. The maximum absolute atomic E-state index is 5.38. The van der Waals surface area contributed by atoms with Crippen molar-refractivity contribution in [1.29, 1.82) is 0 Å². The summed E-state index contributed by atoms with van der Waals surface area (Å²) >= 11 is 1.64. The summed E-state index contributed by atoms with van der Waals surface area (Å²) in [6.07, 6.45) is 2.03. The second-order valence-electron chi connectivity index (χ2n) is 4.18. The highest BCUT2D eigenvalue weighted by Gasteiger charge is 2.15. The molecule has 0 aliphatic carbocycles. The van der Waals surface area contributed by atoms with Gasteiger partial charge in [0.05, 0.1) is 23.9 Å². The zero-order valence-corrected chi connectivity index (χ0v) is 12.2. The molecule has 0 bridgehead atoms. The lowest BCUT2D eigenvalue weighted by Crippen LogP contribution is -2.40. The smallest absolute Gasteiger partial charge is 0.226 e. The average molecular weight is 277 g/mol. The van der Waals surface area contributed by atoms with E-state index in [9.17, 15) is 0 Å². The molecule has 1 saturated heterocycles. The van der Waals surface area contributed by atoms with E-state index in [1.165, 1.54) is 0 Å². The van der Waals surface area contributed by atoms with Crippen LogP contribution in [0.15, 0.2) is 40.3 Å². The minimum Gasteiger partial charge on any atom is -0.378 e. The summed E-state index contributed by atoms with van der Waals surface area (Å²) in [5.41, 5.74) is 0.932. The van der Waals surface area contributed by atoms with Crippen LogP contribution in [0, 0.1) is 0 Å². The molecular weight excluding hydrogens is 258 g/mol. The molecule has 1 aromatic rings. The fourth-order valence-corrected chi connectivity index (χ4v) is 1.91. The van der Waals surface area contributed by atoms with E-state index in [0.717, 1.165) is 43.0 Å². The third-order valence-electron chi connectivity index (χ3n) is 2.83. The Hall–Kier alpha value is -1.33. The molecule has 19 heavy (non-hydrogen) atoms. The van der Waals surface area contributed by atoms with Gasteiger partial charge in [0.15, 0.2) is 0 Å². The third kappa shape index (κ3) is 4.36. The van der Waals surface area contributed by atoms with E-state index in [1.807, 2.05) is 43.5 Å². The molecule has 5 heteroatoms. The van der Waals surface area contributed by atoms with Crippen LogP contribution in [0.2, 0.25) is 0 Å². The van der Waals surface area contributed by atoms with Gasteiger partial charge in [-0.05, 0) is 25.3 Å². The van der Waals surface area contributed by atoms with Crippen molar-refractivity contribution in [3.63, 3.8) is 0 Å². The van der Waals surface area contributed by atoms with Crippen LogP contribution in [0.5, 0.6) is 0 Å². The van der Waals surface area contributed by atoms with E-state index in [-0.39, 0.29) is 0 Å². The van der Waals surface area contributed by atoms with Gasteiger partial charge in [-0.1, -0.05) is 18.2 Å². The van der Waals surface area contributed by atoms with Gasteiger partial charge in [-0.25, -0.2) is 9.98 Å². The molecule has 1 fully saturated rings. The zero-order valence-electron chi connectivity index (χ0n) is 11.4. The molecule has 0 saturated carbocycles. The Labute approximate surface area is 118 Å². The number of morpholine rings is 1. The molecule has 0 radical (unpaired) electrons. The van der Waals surface area contributed by atoms with Crippen LogP contribution in [0.4, 0.5) is 5.69 Å². The van der Waals surface area contributed by atoms with Crippen molar-refractivity contribution in [3.05, 3.63) is 30.3 Å². The summed E-state index contributed by atoms with van der Waals surface area (Å²) < 4.78 is 5.38. The molecule has 1 aromatic carbocycles. The Bertz CT molecular complexity index is 453. The van der Waals surface area contributed by atoms with Gasteiger partial charge in [-0.15, -0.1) is 11.8 Å². The number of hydrogen-bond donors (Lipinski definition) is 0. The van der Waals surface area contributed by atoms with Crippen molar-refractivity contribution < 1.29 is 4.74 Å². The van der Waals surface area contributed by atoms with Gasteiger partial charge >= 0.3 is 0 Å². The van der Waals surface area contributed by atoms with Gasteiger partial charge < -0.3 is 9.64 Å². The molecule has 1 aliphatic rings. The molecular formula is C14H19N3OS. The zero-order chi connectivity index (χ0) is 13.5. The Morgan fingerprint density at radius 1 is 1.21 bits per heavy atom. The highest BCUT2D eigenvalue weighted by Crippen LogP contribution is 2.13. The van der Waals surface area contributed by atoms with E-state index in [2.05, 4.69) is 14.9 Å². The van der Waals surface area contributed by atoms with Crippen LogP contribution < -0.4 is 0 Å². The Balaban J connectivity index is 2.25. The fraction of sp³-hybridized carbons (Fsp3) is 0.429. The molecule has 1 aliphatic heterocycles. The predicted molar refractivity (Wildman–Crippen MR) is 82.6 cm³/mol. The predicted octanol–water partition coefficient (Wildman–Crippen LogP) is 2.79. The lowest BCUT2D eigenvalue weighted by Gasteiger charge is -2.27. The van der Waals surface area contributed by atoms with Crippen molar-refractivity contribution in [1.82, 2.24) is 4.90 Å². The van der Waals surface area contributed by atoms with Crippen LogP contribution in [0.3, 0.4) is 0 Å². The fourth-order valence-electron chi connectivity index (χ4n) is 1.73. The first-order valence-corrected chi connectivity index (χ1v) is 7.58. The molecule has 0 aromatic heterocycles. The van der Waals surface area contributed by atoms with E-state index in [1.54, 1.807) is 11.8 Å². The highest BCUT2D eigenvalue weighted by atomic mass is 32.2. The highest BCUT2D eigenvalue weighted by molar-refractivity contribution is 8.13. The maximum Gasteiger partial charge on any atom is 0.226 e. The van der Waals surface area contributed by atoms with Gasteiger partial charge in [-0.3, -0.25) is 0 Å². The van der Waals surface area contributed by atoms with Gasteiger partial charge in [0, 0.05) is 13.1 Å². The third-order valence-corrected chi connectivity index (χ3v) is 3.51. The molecule has 102 valence electrons. The molecule has 0 spiro atoms. The number of thioether (sulfide) groups is 1. The Morgan fingerprint density at radius 3 is 2.53 bits per heavy atom. The van der Waals surface area contributed by atoms with Gasteiger partial charge in [-0.2, -0.15) is 0 Å². The minimum absolute atomic E-state index is 0.738. The van der Waals surface area contributed by atoms with Gasteiger partial charge in [0.1, 0.15) is 0 Å². The summed E-state index contributed by atoms with van der Waals surface area (Å²) in [6, 6.07) is 9.94. The first kappa shape index (κ1) is 14.1. The van der Waals surface area contributed by atoms with Crippen LogP contribution in [-0.2, 0) is 4.74 Å². The van der Waals surface area contributed by atoms with E-state index < -0.39 is 0 Å². The first-order valence-electron chi connectivity index (χ1n) is 6.35. The summed E-state index contributed by atoms with van der Waals surface area (Å²) in [7, 11) is 0. The molecule has 4 nitrogen and oxygen atoms in total. The van der Waals surface area contributed by atoms with Crippen molar-refractivity contribution in [2.45, 2.75) is 6.92 Å². The number of para-hydroxylation sites is 1. The summed E-state index contributed by atoms with van der Waals surface area (Å²) in [5, 5.41) is 1.01. The second-order valence-corrected chi connectivity index (χ2v) is 5.18. The normalized spacial score (nSPS) is 17.7. The molecule has 0 atom stereocenters. The number of benzene rings is 1. The Kier molecular flexibility index (Phi) is 5.42. The minimum atomic E-state index is 0.738. The van der Waals surface area contributed by atoms with Crippen LogP contribution in [-0.4, -0.2) is 48.5 Å². The standard InChI is InChI=1S/C14H19N3OS/c1-12(19-2)15-14(17-8-10-18-11-9-17)16-13-6-4-3-5-7-13/h3-7H,8-11H2,1-2H3/b15-12-,16-14-. The second kappa shape index (κ2) is 7.31. The molecule has 0 unspecified atom stereocenters. The summed E-state index contributed by atoms with van der Waals surface area (Å²) in [5.74, 6) is 0.779. The van der Waals surface area contributed by atoms with Crippen molar-refractivity contribution in [2.75, 3.05) is 32.6 Å². The topological polar surface area (TPSA) is 37.2 Å². The van der Waals surface area contributed by atoms with Crippen molar-refractivity contribution >= 4 is 28.5 Å². The number of nitrogens with zero attached hydrogens (tertiary/aromatic N) is 3. The largest absolute Gasteiger partial charge is 0.378 e. The van der Waals surface area contributed by atoms with E-state index in [0.29, 0.717) is 0 Å². The average Bonchev–Trinajstić information content (AvgIpc) is 2.48. The van der Waals surface area contributed by atoms with Gasteiger partial charge in [0.25, 0.3) is 0 Å². The molecule has 1 heterocycles. The number of aliphatic imine (C=N–C) groups is 2. The van der Waals surface area contributed by atoms with Gasteiger partial charge in [0.2, 0.25) is 5.96 Å². The lowest BCUT2D eigenvalue weighted by molar-refractivity contribution is 0.0676. The SMILES string of the molecule is CS/C(C)=N\C(=N\c1ccccc1)N1CCOCC1. The number of guanidine groups is 1.